The summed E-state index contributed by atoms with van der Waals surface area (Å²) < 4.78 is 23.5. The highest BCUT2D eigenvalue weighted by atomic mass is 32.2. The molecule has 6 N–H and O–H groups in total. The first-order valence-electron chi connectivity index (χ1n) is 22.4. The Kier molecular flexibility index (Phi) is 32.8. The van der Waals surface area contributed by atoms with Crippen LogP contribution < -0.4 is 10.6 Å². The van der Waals surface area contributed by atoms with Crippen LogP contribution in [-0.4, -0.2) is 136 Å². The highest BCUT2D eigenvalue weighted by molar-refractivity contribution is 7.99. The minimum atomic E-state index is -1.43. The number of thioether (sulfide) groups is 1. The molecule has 0 radical (unpaired) electrons. The normalized spacial score (nSPS) is 18.6. The van der Waals surface area contributed by atoms with E-state index in [1.807, 2.05) is 0 Å². The summed E-state index contributed by atoms with van der Waals surface area (Å²) in [5.41, 5.74) is -0.148. The standard InChI is InChI=1S/C44H75N5O10S/c1-2-3-4-5-6-7-8-9-10-11-12-13-14-15-16-17-18-19-20-21-22-23-24-39(51)46-33-37-34-49(48-47-37)26-27-56-28-29-57-30-31-58-36-40(52)45-25-32-60-44-43(55)42(54)41(53)38(35-50)59-44/h34,38,41-44,50,53-55H,2-12,17-33,35-36H2,1H3,(H,45,52)(H,46,51)/t38-,41-,42+,43+,44+/m1/s1. The third-order valence-corrected chi connectivity index (χ3v) is 11.1. The molecule has 1 aromatic heterocycles. The van der Waals surface area contributed by atoms with Gasteiger partial charge in [0.15, 0.2) is 0 Å². The van der Waals surface area contributed by atoms with Crippen LogP contribution in [0.1, 0.15) is 135 Å². The first-order chi connectivity index (χ1) is 29.3. The van der Waals surface area contributed by atoms with Gasteiger partial charge in [-0.05, 0) is 31.1 Å². The molecule has 0 bridgehead atoms. The second kappa shape index (κ2) is 36.8. The van der Waals surface area contributed by atoms with E-state index in [4.69, 9.17) is 18.9 Å². The molecular weight excluding hydrogens is 791 g/mol. The highest BCUT2D eigenvalue weighted by Gasteiger charge is 2.43. The number of carbonyl (C=O) groups is 2. The zero-order valence-corrected chi connectivity index (χ0v) is 37.0. The van der Waals surface area contributed by atoms with Crippen LogP contribution >= 0.6 is 11.8 Å². The van der Waals surface area contributed by atoms with Crippen molar-refractivity contribution in [1.29, 1.82) is 0 Å². The Labute approximate surface area is 363 Å². The molecule has 15 nitrogen and oxygen atoms in total. The van der Waals surface area contributed by atoms with Crippen molar-refractivity contribution in [2.75, 3.05) is 58.5 Å². The molecule has 1 aliphatic rings. The number of carbonyl (C=O) groups excluding carboxylic acids is 2. The van der Waals surface area contributed by atoms with Gasteiger partial charge in [-0.15, -0.1) is 16.9 Å². The summed E-state index contributed by atoms with van der Waals surface area (Å²) in [6, 6.07) is 0. The predicted octanol–water partition coefficient (Wildman–Crippen LogP) is 4.03. The molecule has 0 aliphatic carbocycles. The zero-order chi connectivity index (χ0) is 43.3. The fourth-order valence-corrected chi connectivity index (χ4v) is 7.34. The third-order valence-electron chi connectivity index (χ3n) is 9.90. The average molecular weight is 866 g/mol. The number of ether oxygens (including phenoxy) is 4. The topological polar surface area (TPSA) is 207 Å². The van der Waals surface area contributed by atoms with Crippen LogP contribution in [0.5, 0.6) is 0 Å². The summed E-state index contributed by atoms with van der Waals surface area (Å²) in [6.45, 7) is 4.47. The van der Waals surface area contributed by atoms with Gasteiger partial charge in [0.1, 0.15) is 42.2 Å². The quantitative estimate of drug-likeness (QED) is 0.0417. The number of rotatable bonds is 36. The summed E-state index contributed by atoms with van der Waals surface area (Å²) in [6.07, 6.45) is 19.0. The van der Waals surface area contributed by atoms with Crippen LogP contribution in [0.2, 0.25) is 0 Å². The lowest BCUT2D eigenvalue weighted by molar-refractivity contribution is -0.205. The maximum absolute atomic E-state index is 12.3. The van der Waals surface area contributed by atoms with Gasteiger partial charge in [0.05, 0.1) is 58.9 Å². The Morgan fingerprint density at radius 1 is 0.750 bits per heavy atom. The van der Waals surface area contributed by atoms with Crippen molar-refractivity contribution in [2.45, 2.75) is 172 Å². The molecule has 2 heterocycles. The Balaban J connectivity index is 1.32. The molecule has 0 unspecified atom stereocenters. The van der Waals surface area contributed by atoms with Gasteiger partial charge in [-0.2, -0.15) is 0 Å². The van der Waals surface area contributed by atoms with Gasteiger partial charge in [-0.1, -0.05) is 107 Å². The average Bonchev–Trinajstić information content (AvgIpc) is 3.71. The van der Waals surface area contributed by atoms with E-state index in [1.54, 1.807) is 10.9 Å². The Hall–Kier alpha value is -2.77. The van der Waals surface area contributed by atoms with Crippen molar-refractivity contribution >= 4 is 23.6 Å². The summed E-state index contributed by atoms with van der Waals surface area (Å²) in [4.78, 5) is 24.2. The van der Waals surface area contributed by atoms with Crippen molar-refractivity contribution in [1.82, 2.24) is 25.6 Å². The second-order valence-corrected chi connectivity index (χ2v) is 16.3. The van der Waals surface area contributed by atoms with Crippen molar-refractivity contribution in [3.63, 3.8) is 0 Å². The van der Waals surface area contributed by atoms with Gasteiger partial charge in [0.2, 0.25) is 11.8 Å². The third kappa shape index (κ3) is 27.2. The molecule has 2 rings (SSSR count). The number of aliphatic hydroxyl groups is 4. The number of hydrogen-bond donors (Lipinski definition) is 6. The van der Waals surface area contributed by atoms with Crippen LogP contribution in [-0.2, 0) is 41.6 Å². The Morgan fingerprint density at radius 2 is 1.33 bits per heavy atom. The number of nitrogens with one attached hydrogen (secondary N) is 2. The predicted molar refractivity (Wildman–Crippen MR) is 233 cm³/mol. The number of aromatic nitrogens is 3. The van der Waals surface area contributed by atoms with E-state index < -0.39 is 36.5 Å². The summed E-state index contributed by atoms with van der Waals surface area (Å²) in [7, 11) is 0. The van der Waals surface area contributed by atoms with Crippen molar-refractivity contribution in [2.24, 2.45) is 0 Å². The number of nitrogens with zero attached hydrogens (tertiary/aromatic N) is 3. The first-order valence-corrected chi connectivity index (χ1v) is 23.4. The summed E-state index contributed by atoms with van der Waals surface area (Å²) in [5, 5.41) is 52.8. The van der Waals surface area contributed by atoms with E-state index in [0.717, 1.165) is 63.1 Å². The van der Waals surface area contributed by atoms with Crippen LogP contribution in [0, 0.1) is 23.7 Å². The molecule has 1 saturated heterocycles. The molecule has 2 amide bonds. The Bertz CT molecular complexity index is 1360. The highest BCUT2D eigenvalue weighted by Crippen LogP contribution is 2.28. The molecule has 60 heavy (non-hydrogen) atoms. The number of amides is 2. The van der Waals surface area contributed by atoms with Gasteiger partial charge in [0, 0.05) is 31.6 Å². The molecule has 1 aliphatic heterocycles. The van der Waals surface area contributed by atoms with E-state index in [2.05, 4.69) is 51.6 Å². The van der Waals surface area contributed by atoms with E-state index in [1.165, 1.54) is 64.2 Å². The number of hydrogen-bond acceptors (Lipinski definition) is 13. The molecule has 0 aromatic carbocycles. The summed E-state index contributed by atoms with van der Waals surface area (Å²) in [5.74, 6) is 12.5. The molecule has 0 saturated carbocycles. The number of unbranched alkanes of at least 4 members (excludes halogenated alkanes) is 16. The van der Waals surface area contributed by atoms with Crippen LogP contribution in [0.25, 0.3) is 0 Å². The molecule has 1 aromatic rings. The van der Waals surface area contributed by atoms with Gasteiger partial charge in [-0.25, -0.2) is 4.68 Å². The van der Waals surface area contributed by atoms with Gasteiger partial charge in [-0.3, -0.25) is 9.59 Å². The van der Waals surface area contributed by atoms with Gasteiger partial charge < -0.3 is 50.0 Å². The van der Waals surface area contributed by atoms with Crippen molar-refractivity contribution < 1.29 is 49.0 Å². The minimum absolute atomic E-state index is 0.0216. The summed E-state index contributed by atoms with van der Waals surface area (Å²) >= 11 is 1.16. The largest absolute Gasteiger partial charge is 0.394 e. The molecule has 0 spiro atoms. The zero-order valence-electron chi connectivity index (χ0n) is 36.2. The lowest BCUT2D eigenvalue weighted by atomic mass is 10.0. The SMILES string of the molecule is CCCCCCCCCCCCC#CC#CCCCCCCCCC(=O)NCc1cn(CCOCCOCCOCC(=O)NCCS[C@@H]2O[C@H](CO)[C@@H](O)[C@H](O)[C@@H]2O)nn1. The lowest BCUT2D eigenvalue weighted by Crippen LogP contribution is -2.57. The molecule has 16 heteroatoms. The van der Waals surface area contributed by atoms with Crippen molar-refractivity contribution in [3.05, 3.63) is 11.9 Å². The fraction of sp³-hybridized carbons (Fsp3) is 0.818. The monoisotopic (exact) mass is 866 g/mol. The second-order valence-electron chi connectivity index (χ2n) is 15.1. The lowest BCUT2D eigenvalue weighted by Gasteiger charge is -2.39. The Morgan fingerprint density at radius 3 is 1.97 bits per heavy atom. The maximum atomic E-state index is 12.3. The van der Waals surface area contributed by atoms with Crippen molar-refractivity contribution in [3.8, 4) is 23.7 Å². The van der Waals surface area contributed by atoms with E-state index in [0.29, 0.717) is 57.4 Å². The van der Waals surface area contributed by atoms with E-state index >= 15 is 0 Å². The van der Waals surface area contributed by atoms with Crippen LogP contribution in [0.15, 0.2) is 6.20 Å². The number of aliphatic hydroxyl groups excluding tert-OH is 4. The molecular formula is C44H75N5O10S. The van der Waals surface area contributed by atoms with Gasteiger partial charge in [0.25, 0.3) is 0 Å². The molecule has 342 valence electrons. The molecule has 5 atom stereocenters. The minimum Gasteiger partial charge on any atom is -0.394 e. The maximum Gasteiger partial charge on any atom is 0.246 e. The van der Waals surface area contributed by atoms with E-state index in [9.17, 15) is 30.0 Å². The smallest absolute Gasteiger partial charge is 0.246 e. The van der Waals surface area contributed by atoms with Gasteiger partial charge >= 0.3 is 0 Å². The van der Waals surface area contributed by atoms with E-state index in [-0.39, 0.29) is 31.6 Å². The first kappa shape index (κ1) is 53.4. The van der Waals surface area contributed by atoms with Crippen LogP contribution in [0.4, 0.5) is 0 Å². The molecule has 1 fully saturated rings. The van der Waals surface area contributed by atoms with Crippen LogP contribution in [0.3, 0.4) is 0 Å². The fourth-order valence-electron chi connectivity index (χ4n) is 6.31.